The average Bonchev–Trinajstić information content (AvgIpc) is 3.23. The Labute approximate surface area is 206 Å². The molecule has 2 heterocycles. The van der Waals surface area contributed by atoms with E-state index in [-0.39, 0.29) is 12.1 Å². The zero-order chi connectivity index (χ0) is 23.7. The van der Waals surface area contributed by atoms with Gasteiger partial charge in [-0.2, -0.15) is 0 Å². The molecule has 0 saturated carbocycles. The summed E-state index contributed by atoms with van der Waals surface area (Å²) in [6.45, 7) is 10.4. The SMILES string of the molecule is CCCC(NC(=O)c1ccc2sc3ccccc3c2c1)N1CCN(c2cccc(C)c2C)CC1. The third kappa shape index (κ3) is 4.42. The Morgan fingerprint density at radius 2 is 1.71 bits per heavy atom. The lowest BCUT2D eigenvalue weighted by Gasteiger charge is -2.41. The van der Waals surface area contributed by atoms with Gasteiger partial charge in [0.2, 0.25) is 0 Å². The molecule has 5 rings (SSSR count). The first-order valence-corrected chi connectivity index (χ1v) is 13.1. The van der Waals surface area contributed by atoms with Gasteiger partial charge in [-0.3, -0.25) is 9.69 Å². The highest BCUT2D eigenvalue weighted by atomic mass is 32.1. The van der Waals surface area contributed by atoms with Gasteiger partial charge in [0, 0.05) is 57.6 Å². The summed E-state index contributed by atoms with van der Waals surface area (Å²) >= 11 is 1.78. The molecule has 34 heavy (non-hydrogen) atoms. The Bertz CT molecular complexity index is 1320. The van der Waals surface area contributed by atoms with E-state index in [2.05, 4.69) is 90.5 Å². The Morgan fingerprint density at radius 3 is 2.50 bits per heavy atom. The topological polar surface area (TPSA) is 35.6 Å². The number of carbonyl (C=O) groups excluding carboxylic acids is 1. The molecule has 1 saturated heterocycles. The van der Waals surface area contributed by atoms with Crippen LogP contribution in [0.2, 0.25) is 0 Å². The Morgan fingerprint density at radius 1 is 0.941 bits per heavy atom. The number of hydrogen-bond acceptors (Lipinski definition) is 4. The Balaban J connectivity index is 1.30. The fourth-order valence-corrected chi connectivity index (χ4v) is 6.16. The molecule has 1 aliphatic rings. The van der Waals surface area contributed by atoms with E-state index in [0.717, 1.165) is 44.6 Å². The molecule has 1 atom stereocenters. The molecule has 5 heteroatoms. The minimum absolute atomic E-state index is 0.0209. The van der Waals surface area contributed by atoms with Crippen molar-refractivity contribution in [3.05, 3.63) is 77.4 Å². The Hall–Kier alpha value is -2.89. The van der Waals surface area contributed by atoms with E-state index in [9.17, 15) is 4.79 Å². The zero-order valence-electron chi connectivity index (χ0n) is 20.3. The van der Waals surface area contributed by atoms with Crippen molar-refractivity contribution in [2.75, 3.05) is 31.1 Å². The van der Waals surface area contributed by atoms with Crippen molar-refractivity contribution >= 4 is 43.1 Å². The summed E-state index contributed by atoms with van der Waals surface area (Å²) in [5, 5.41) is 5.75. The number of piperazine rings is 1. The van der Waals surface area contributed by atoms with E-state index >= 15 is 0 Å². The van der Waals surface area contributed by atoms with Crippen molar-refractivity contribution in [3.8, 4) is 0 Å². The first-order valence-electron chi connectivity index (χ1n) is 12.3. The number of amides is 1. The minimum atomic E-state index is 0.0209. The summed E-state index contributed by atoms with van der Waals surface area (Å²) < 4.78 is 2.49. The van der Waals surface area contributed by atoms with Gasteiger partial charge in [0.25, 0.3) is 5.91 Å². The quantitative estimate of drug-likeness (QED) is 0.356. The van der Waals surface area contributed by atoms with Gasteiger partial charge in [-0.05, 0) is 61.7 Å². The molecule has 0 aliphatic carbocycles. The highest BCUT2D eigenvalue weighted by Crippen LogP contribution is 2.34. The van der Waals surface area contributed by atoms with Crippen LogP contribution >= 0.6 is 11.3 Å². The maximum Gasteiger partial charge on any atom is 0.252 e. The van der Waals surface area contributed by atoms with Crippen molar-refractivity contribution < 1.29 is 4.79 Å². The molecule has 0 spiro atoms. The molecule has 1 N–H and O–H groups in total. The lowest BCUT2D eigenvalue weighted by Crippen LogP contribution is -2.56. The molecule has 1 amide bonds. The first-order chi connectivity index (χ1) is 16.5. The minimum Gasteiger partial charge on any atom is -0.369 e. The molecular weight excluding hydrogens is 438 g/mol. The molecule has 1 fully saturated rings. The zero-order valence-corrected chi connectivity index (χ0v) is 21.1. The van der Waals surface area contributed by atoms with Crippen LogP contribution in [0.25, 0.3) is 20.2 Å². The standard InChI is InChI=1S/C29H33N3OS/c1-4-8-28(32-17-15-31(16-18-32)25-11-7-9-20(2)21(25)3)30-29(33)22-13-14-27-24(19-22)23-10-5-6-12-26(23)34-27/h5-7,9-14,19,28H,4,8,15-18H2,1-3H3,(H,30,33). The van der Waals surface area contributed by atoms with Crippen LogP contribution in [-0.4, -0.2) is 43.2 Å². The number of nitrogens with one attached hydrogen (secondary N) is 1. The summed E-state index contributed by atoms with van der Waals surface area (Å²) in [6, 6.07) is 21.1. The summed E-state index contributed by atoms with van der Waals surface area (Å²) in [6.07, 6.45) is 2.06. The lowest BCUT2D eigenvalue weighted by atomic mass is 10.1. The van der Waals surface area contributed by atoms with Crippen molar-refractivity contribution in [1.29, 1.82) is 0 Å². The average molecular weight is 472 g/mol. The molecule has 1 aromatic heterocycles. The van der Waals surface area contributed by atoms with E-state index in [1.807, 2.05) is 6.07 Å². The second kappa shape index (κ2) is 9.77. The van der Waals surface area contributed by atoms with Gasteiger partial charge in [-0.25, -0.2) is 0 Å². The monoisotopic (exact) mass is 471 g/mol. The molecule has 3 aromatic carbocycles. The van der Waals surface area contributed by atoms with E-state index in [0.29, 0.717) is 0 Å². The predicted molar refractivity (Wildman–Crippen MR) is 145 cm³/mol. The van der Waals surface area contributed by atoms with Gasteiger partial charge in [-0.15, -0.1) is 11.3 Å². The number of benzene rings is 3. The van der Waals surface area contributed by atoms with Crippen LogP contribution in [0.5, 0.6) is 0 Å². The molecule has 1 aliphatic heterocycles. The molecule has 0 bridgehead atoms. The maximum absolute atomic E-state index is 13.3. The van der Waals surface area contributed by atoms with Gasteiger partial charge < -0.3 is 10.2 Å². The number of anilines is 1. The summed E-state index contributed by atoms with van der Waals surface area (Å²) in [5.74, 6) is 0.0209. The van der Waals surface area contributed by atoms with Gasteiger partial charge in [0.1, 0.15) is 0 Å². The van der Waals surface area contributed by atoms with Crippen LogP contribution in [-0.2, 0) is 0 Å². The number of nitrogens with zero attached hydrogens (tertiary/aromatic N) is 2. The second-order valence-corrected chi connectivity index (χ2v) is 10.4. The molecule has 0 radical (unpaired) electrons. The number of fused-ring (bicyclic) bond motifs is 3. The molecule has 1 unspecified atom stereocenters. The largest absolute Gasteiger partial charge is 0.369 e. The highest BCUT2D eigenvalue weighted by Gasteiger charge is 2.26. The van der Waals surface area contributed by atoms with Crippen molar-refractivity contribution in [1.82, 2.24) is 10.2 Å². The summed E-state index contributed by atoms with van der Waals surface area (Å²) in [7, 11) is 0. The molecule has 4 nitrogen and oxygen atoms in total. The molecular formula is C29H33N3OS. The van der Waals surface area contributed by atoms with Gasteiger partial charge in [0.05, 0.1) is 6.17 Å². The van der Waals surface area contributed by atoms with Gasteiger partial charge >= 0.3 is 0 Å². The first kappa shape index (κ1) is 22.9. The smallest absolute Gasteiger partial charge is 0.252 e. The lowest BCUT2D eigenvalue weighted by molar-refractivity contribution is 0.0824. The third-order valence-electron chi connectivity index (χ3n) is 7.17. The van der Waals surface area contributed by atoms with Crippen molar-refractivity contribution in [2.24, 2.45) is 0 Å². The van der Waals surface area contributed by atoms with Crippen LogP contribution in [0.1, 0.15) is 41.3 Å². The molecule has 176 valence electrons. The number of carbonyl (C=O) groups is 1. The van der Waals surface area contributed by atoms with Gasteiger partial charge in [-0.1, -0.05) is 43.7 Å². The van der Waals surface area contributed by atoms with E-state index in [4.69, 9.17) is 0 Å². The number of thiophene rings is 1. The Kier molecular flexibility index (Phi) is 6.57. The van der Waals surface area contributed by atoms with Crippen molar-refractivity contribution in [3.63, 3.8) is 0 Å². The van der Waals surface area contributed by atoms with Crippen LogP contribution in [0, 0.1) is 13.8 Å². The van der Waals surface area contributed by atoms with E-state index in [1.54, 1.807) is 11.3 Å². The highest BCUT2D eigenvalue weighted by molar-refractivity contribution is 7.25. The number of aryl methyl sites for hydroxylation is 1. The van der Waals surface area contributed by atoms with Crippen LogP contribution in [0.3, 0.4) is 0 Å². The van der Waals surface area contributed by atoms with Crippen LogP contribution < -0.4 is 10.2 Å². The van der Waals surface area contributed by atoms with Crippen LogP contribution in [0.15, 0.2) is 60.7 Å². The summed E-state index contributed by atoms with van der Waals surface area (Å²) in [4.78, 5) is 18.2. The van der Waals surface area contributed by atoms with E-state index < -0.39 is 0 Å². The maximum atomic E-state index is 13.3. The predicted octanol–water partition coefficient (Wildman–Crippen LogP) is 6.35. The van der Waals surface area contributed by atoms with Gasteiger partial charge in [0.15, 0.2) is 0 Å². The second-order valence-electron chi connectivity index (χ2n) is 9.33. The normalized spacial score (nSPS) is 15.7. The number of rotatable bonds is 6. The third-order valence-corrected chi connectivity index (χ3v) is 8.32. The summed E-state index contributed by atoms with van der Waals surface area (Å²) in [5.41, 5.74) is 4.79. The molecule has 4 aromatic rings. The van der Waals surface area contributed by atoms with Crippen molar-refractivity contribution in [2.45, 2.75) is 39.8 Å². The number of hydrogen-bond donors (Lipinski definition) is 1. The van der Waals surface area contributed by atoms with Crippen LogP contribution in [0.4, 0.5) is 5.69 Å². The van der Waals surface area contributed by atoms with E-state index in [1.165, 1.54) is 37.0 Å². The fourth-order valence-electron chi connectivity index (χ4n) is 5.07. The fraction of sp³-hybridized carbons (Fsp3) is 0.345.